The van der Waals surface area contributed by atoms with Crippen molar-refractivity contribution in [2.24, 2.45) is 7.05 Å². The first-order valence-electron chi connectivity index (χ1n) is 7.45. The highest BCUT2D eigenvalue weighted by Crippen LogP contribution is 2.26. The lowest BCUT2D eigenvalue weighted by Gasteiger charge is -2.01. The van der Waals surface area contributed by atoms with Gasteiger partial charge in [0.05, 0.1) is 11.4 Å². The highest BCUT2D eigenvalue weighted by molar-refractivity contribution is 7.15. The van der Waals surface area contributed by atoms with Crippen LogP contribution >= 0.6 is 11.3 Å². The first kappa shape index (κ1) is 16.3. The fourth-order valence-electron chi connectivity index (χ4n) is 2.44. The Morgan fingerprint density at radius 2 is 2.08 bits per heavy atom. The minimum Gasteiger partial charge on any atom is -0.296 e. The Kier molecular flexibility index (Phi) is 4.44. The monoisotopic (exact) mass is 344 g/mol. The number of hydrogen-bond acceptors (Lipinski definition) is 4. The quantitative estimate of drug-likeness (QED) is 0.788. The standard InChI is InChI=1S/C17H17FN4OS/c1-10-8-14(22(3)21-10)16(23)20-17-19-11(2)15(24-17)9-12-6-4-5-7-13(12)18/h4-8H,9H2,1-3H3,(H,19,20,23). The summed E-state index contributed by atoms with van der Waals surface area (Å²) >= 11 is 1.36. The zero-order chi connectivity index (χ0) is 17.3. The molecule has 0 spiro atoms. The Balaban J connectivity index is 1.78. The third-order valence-corrected chi connectivity index (χ3v) is 4.73. The molecule has 0 saturated carbocycles. The van der Waals surface area contributed by atoms with Gasteiger partial charge in [-0.15, -0.1) is 11.3 Å². The highest BCUT2D eigenvalue weighted by Gasteiger charge is 2.16. The topological polar surface area (TPSA) is 59.8 Å². The Morgan fingerprint density at radius 1 is 1.33 bits per heavy atom. The third kappa shape index (κ3) is 3.35. The fourth-order valence-corrected chi connectivity index (χ4v) is 3.43. The maximum absolute atomic E-state index is 13.8. The average molecular weight is 344 g/mol. The molecule has 0 unspecified atom stereocenters. The molecule has 0 bridgehead atoms. The molecule has 5 nitrogen and oxygen atoms in total. The number of amides is 1. The molecule has 3 aromatic rings. The summed E-state index contributed by atoms with van der Waals surface area (Å²) < 4.78 is 15.3. The van der Waals surface area contributed by atoms with Crippen molar-refractivity contribution >= 4 is 22.4 Å². The van der Waals surface area contributed by atoms with Gasteiger partial charge in [-0.2, -0.15) is 5.10 Å². The molecule has 1 amide bonds. The first-order valence-corrected chi connectivity index (χ1v) is 8.27. The van der Waals surface area contributed by atoms with Crippen molar-refractivity contribution < 1.29 is 9.18 Å². The second-order valence-electron chi connectivity index (χ2n) is 5.54. The Labute approximate surface area is 143 Å². The van der Waals surface area contributed by atoms with Gasteiger partial charge in [0, 0.05) is 18.3 Å². The molecular weight excluding hydrogens is 327 g/mol. The van der Waals surface area contributed by atoms with E-state index in [0.717, 1.165) is 16.3 Å². The second kappa shape index (κ2) is 6.52. The Hall–Kier alpha value is -2.54. The minimum absolute atomic E-state index is 0.235. The van der Waals surface area contributed by atoms with E-state index >= 15 is 0 Å². The van der Waals surface area contributed by atoms with Gasteiger partial charge >= 0.3 is 0 Å². The van der Waals surface area contributed by atoms with Crippen LogP contribution in [-0.4, -0.2) is 20.7 Å². The van der Waals surface area contributed by atoms with Gasteiger partial charge in [-0.3, -0.25) is 14.8 Å². The SMILES string of the molecule is Cc1cc(C(=O)Nc2nc(C)c(Cc3ccccc3F)s2)n(C)n1. The predicted molar refractivity (Wildman–Crippen MR) is 92.0 cm³/mol. The summed E-state index contributed by atoms with van der Waals surface area (Å²) in [5, 5.41) is 7.45. The number of halogens is 1. The lowest BCUT2D eigenvalue weighted by molar-refractivity contribution is 0.101. The van der Waals surface area contributed by atoms with Gasteiger partial charge in [-0.05, 0) is 31.5 Å². The Bertz CT molecular complexity index is 900. The smallest absolute Gasteiger partial charge is 0.275 e. The van der Waals surface area contributed by atoms with Crippen molar-refractivity contribution in [2.75, 3.05) is 5.32 Å². The summed E-state index contributed by atoms with van der Waals surface area (Å²) in [7, 11) is 1.72. The van der Waals surface area contributed by atoms with E-state index in [1.807, 2.05) is 19.9 Å². The van der Waals surface area contributed by atoms with Crippen LogP contribution in [0.1, 0.15) is 32.3 Å². The van der Waals surface area contributed by atoms with E-state index in [4.69, 9.17) is 0 Å². The van der Waals surface area contributed by atoms with Crippen LogP contribution in [0.15, 0.2) is 30.3 Å². The summed E-state index contributed by atoms with van der Waals surface area (Å²) in [6.45, 7) is 3.69. The van der Waals surface area contributed by atoms with Gasteiger partial charge in [-0.1, -0.05) is 18.2 Å². The summed E-state index contributed by atoms with van der Waals surface area (Å²) in [6, 6.07) is 8.39. The molecule has 24 heavy (non-hydrogen) atoms. The van der Waals surface area contributed by atoms with Crippen molar-refractivity contribution in [1.29, 1.82) is 0 Å². The normalized spacial score (nSPS) is 10.8. The average Bonchev–Trinajstić information content (AvgIpc) is 3.03. The van der Waals surface area contributed by atoms with Gasteiger partial charge < -0.3 is 0 Å². The molecule has 0 aliphatic heterocycles. The number of carbonyl (C=O) groups excluding carboxylic acids is 1. The molecule has 0 aliphatic carbocycles. The van der Waals surface area contributed by atoms with Crippen LogP contribution in [0, 0.1) is 19.7 Å². The van der Waals surface area contributed by atoms with Crippen LogP contribution in [0.4, 0.5) is 9.52 Å². The molecule has 2 aromatic heterocycles. The van der Waals surface area contributed by atoms with Crippen LogP contribution in [0.3, 0.4) is 0 Å². The summed E-state index contributed by atoms with van der Waals surface area (Å²) in [4.78, 5) is 17.6. The number of benzene rings is 1. The third-order valence-electron chi connectivity index (χ3n) is 3.66. The number of aromatic nitrogens is 3. The van der Waals surface area contributed by atoms with Gasteiger partial charge in [0.15, 0.2) is 5.13 Å². The van der Waals surface area contributed by atoms with Crippen LogP contribution < -0.4 is 5.32 Å². The molecule has 1 N–H and O–H groups in total. The van der Waals surface area contributed by atoms with Crippen LogP contribution in [0.25, 0.3) is 0 Å². The van der Waals surface area contributed by atoms with Crippen molar-refractivity contribution in [2.45, 2.75) is 20.3 Å². The molecule has 7 heteroatoms. The zero-order valence-electron chi connectivity index (χ0n) is 13.6. The van der Waals surface area contributed by atoms with E-state index < -0.39 is 0 Å². The molecule has 3 rings (SSSR count). The van der Waals surface area contributed by atoms with Crippen molar-refractivity contribution in [1.82, 2.24) is 14.8 Å². The molecular formula is C17H17FN4OS. The van der Waals surface area contributed by atoms with Crippen molar-refractivity contribution in [3.63, 3.8) is 0 Å². The molecule has 0 saturated heterocycles. The van der Waals surface area contributed by atoms with E-state index in [1.165, 1.54) is 22.1 Å². The number of rotatable bonds is 4. The number of hydrogen-bond donors (Lipinski definition) is 1. The van der Waals surface area contributed by atoms with Crippen LogP contribution in [0.5, 0.6) is 0 Å². The van der Waals surface area contributed by atoms with Crippen LogP contribution in [0.2, 0.25) is 0 Å². The molecule has 2 heterocycles. The van der Waals surface area contributed by atoms with E-state index in [9.17, 15) is 9.18 Å². The maximum atomic E-state index is 13.8. The summed E-state index contributed by atoms with van der Waals surface area (Å²) in [6.07, 6.45) is 0.455. The predicted octanol–water partition coefficient (Wildman–Crippen LogP) is 3.48. The van der Waals surface area contributed by atoms with Gasteiger partial charge in [0.1, 0.15) is 11.5 Å². The summed E-state index contributed by atoms with van der Waals surface area (Å²) in [5.74, 6) is -0.495. The van der Waals surface area contributed by atoms with E-state index in [-0.39, 0.29) is 11.7 Å². The van der Waals surface area contributed by atoms with Gasteiger partial charge in [-0.25, -0.2) is 9.37 Å². The molecule has 0 aliphatic rings. The fraction of sp³-hybridized carbons (Fsp3) is 0.235. The van der Waals surface area contributed by atoms with Gasteiger partial charge in [0.2, 0.25) is 0 Å². The van der Waals surface area contributed by atoms with E-state index in [2.05, 4.69) is 15.4 Å². The second-order valence-corrected chi connectivity index (χ2v) is 6.63. The lowest BCUT2D eigenvalue weighted by atomic mass is 10.1. The van der Waals surface area contributed by atoms with Crippen LogP contribution in [-0.2, 0) is 13.5 Å². The number of thiazole rings is 1. The minimum atomic E-state index is -0.260. The zero-order valence-corrected chi connectivity index (χ0v) is 14.4. The largest absolute Gasteiger partial charge is 0.296 e. The molecule has 0 atom stereocenters. The molecule has 0 radical (unpaired) electrons. The van der Waals surface area contributed by atoms with E-state index in [0.29, 0.717) is 22.8 Å². The Morgan fingerprint density at radius 3 is 2.75 bits per heavy atom. The maximum Gasteiger partial charge on any atom is 0.275 e. The molecule has 0 fully saturated rings. The van der Waals surface area contributed by atoms with Crippen molar-refractivity contribution in [3.05, 3.63) is 63.7 Å². The highest BCUT2D eigenvalue weighted by atomic mass is 32.1. The molecule has 1 aromatic carbocycles. The van der Waals surface area contributed by atoms with Crippen molar-refractivity contribution in [3.8, 4) is 0 Å². The van der Waals surface area contributed by atoms with E-state index in [1.54, 1.807) is 25.2 Å². The number of carbonyl (C=O) groups is 1. The number of nitrogens with one attached hydrogen (secondary N) is 1. The summed E-state index contributed by atoms with van der Waals surface area (Å²) in [5.41, 5.74) is 2.65. The lowest BCUT2D eigenvalue weighted by Crippen LogP contribution is -2.15. The first-order chi connectivity index (χ1) is 11.4. The number of nitrogens with zero attached hydrogens (tertiary/aromatic N) is 3. The molecule has 124 valence electrons. The number of anilines is 1. The van der Waals surface area contributed by atoms with Gasteiger partial charge in [0.25, 0.3) is 5.91 Å². The number of aryl methyl sites for hydroxylation is 3.